The predicted molar refractivity (Wildman–Crippen MR) is 66.3 cm³/mol. The van der Waals surface area contributed by atoms with Gasteiger partial charge in [0.1, 0.15) is 12.3 Å². The van der Waals surface area contributed by atoms with E-state index in [1.807, 2.05) is 0 Å². The topological polar surface area (TPSA) is 114 Å². The van der Waals surface area contributed by atoms with E-state index in [0.29, 0.717) is 16.8 Å². The second-order valence-corrected chi connectivity index (χ2v) is 4.77. The number of aliphatic carboxylic acids is 1. The molecule has 0 fully saturated rings. The van der Waals surface area contributed by atoms with Gasteiger partial charge in [0.2, 0.25) is 5.89 Å². The van der Waals surface area contributed by atoms with Crippen LogP contribution in [0.15, 0.2) is 14.4 Å². The van der Waals surface area contributed by atoms with Gasteiger partial charge in [-0.2, -0.15) is 0 Å². The number of hydrogen-bond donors (Lipinski definition) is 2. The van der Waals surface area contributed by atoms with Crippen molar-refractivity contribution in [2.24, 2.45) is 0 Å². The van der Waals surface area contributed by atoms with E-state index in [0.717, 1.165) is 17.5 Å². The number of aromatic amines is 1. The van der Waals surface area contributed by atoms with Gasteiger partial charge in [0.25, 0.3) is 0 Å². The lowest BCUT2D eigenvalue weighted by Crippen LogP contribution is -2.18. The van der Waals surface area contributed by atoms with E-state index in [9.17, 15) is 9.59 Å². The van der Waals surface area contributed by atoms with Crippen LogP contribution in [0.4, 0.5) is 0 Å². The molecule has 2 heterocycles. The van der Waals surface area contributed by atoms with Crippen molar-refractivity contribution in [2.75, 3.05) is 5.75 Å². The Morgan fingerprint density at radius 2 is 2.26 bits per heavy atom. The molecule has 0 aliphatic heterocycles. The van der Waals surface area contributed by atoms with Crippen molar-refractivity contribution in [3.05, 3.63) is 27.8 Å². The normalized spacial score (nSPS) is 10.8. The third-order valence-electron chi connectivity index (χ3n) is 2.41. The van der Waals surface area contributed by atoms with Crippen molar-refractivity contribution in [1.29, 1.82) is 0 Å². The quantitative estimate of drug-likeness (QED) is 0.764. The third-order valence-corrected chi connectivity index (χ3v) is 3.38. The zero-order valence-electron chi connectivity index (χ0n) is 10.3. The van der Waals surface area contributed by atoms with Crippen LogP contribution in [-0.2, 0) is 11.3 Å². The number of oxazole rings is 1. The van der Waals surface area contributed by atoms with Crippen LogP contribution < -0.4 is 5.69 Å². The molecular formula is C10H12N4O4S. The molecule has 0 saturated heterocycles. The first kappa shape index (κ1) is 13.4. The highest BCUT2D eigenvalue weighted by Gasteiger charge is 2.14. The first-order valence-corrected chi connectivity index (χ1v) is 6.38. The number of aryl methyl sites for hydroxylation is 2. The van der Waals surface area contributed by atoms with Crippen molar-refractivity contribution in [1.82, 2.24) is 19.7 Å². The van der Waals surface area contributed by atoms with Gasteiger partial charge in [0.05, 0.1) is 11.4 Å². The van der Waals surface area contributed by atoms with Crippen molar-refractivity contribution < 1.29 is 14.3 Å². The summed E-state index contributed by atoms with van der Waals surface area (Å²) < 4.78 is 6.68. The number of thioether (sulfide) groups is 1. The van der Waals surface area contributed by atoms with Crippen LogP contribution in [0.1, 0.15) is 17.3 Å². The Balaban J connectivity index is 2.21. The predicted octanol–water partition coefficient (Wildman–Crippen LogP) is 0.401. The zero-order valence-corrected chi connectivity index (χ0v) is 11.2. The van der Waals surface area contributed by atoms with Crippen LogP contribution in [0.5, 0.6) is 0 Å². The van der Waals surface area contributed by atoms with E-state index >= 15 is 0 Å². The maximum absolute atomic E-state index is 11.6. The summed E-state index contributed by atoms with van der Waals surface area (Å²) in [5.74, 6) is -0.0785. The molecule has 0 aliphatic rings. The maximum Gasteiger partial charge on any atom is 0.344 e. The summed E-state index contributed by atoms with van der Waals surface area (Å²) in [4.78, 5) is 26.3. The summed E-state index contributed by atoms with van der Waals surface area (Å²) in [6, 6.07) is 0. The maximum atomic E-state index is 11.6. The molecule has 0 unspecified atom stereocenters. The molecule has 0 bridgehead atoms. The lowest BCUT2D eigenvalue weighted by Gasteiger charge is -2.00. The molecule has 0 spiro atoms. The number of nitrogens with zero attached hydrogens (tertiary/aromatic N) is 3. The minimum atomic E-state index is -0.977. The minimum absolute atomic E-state index is 0.117. The van der Waals surface area contributed by atoms with Gasteiger partial charge in [-0.25, -0.2) is 14.9 Å². The molecule has 19 heavy (non-hydrogen) atoms. The van der Waals surface area contributed by atoms with Gasteiger partial charge in [-0.15, -0.1) is 5.10 Å². The second-order valence-electron chi connectivity index (χ2n) is 3.83. The molecule has 0 amide bonds. The van der Waals surface area contributed by atoms with E-state index in [4.69, 9.17) is 9.52 Å². The van der Waals surface area contributed by atoms with Gasteiger partial charge in [-0.3, -0.25) is 9.36 Å². The van der Waals surface area contributed by atoms with E-state index < -0.39 is 11.7 Å². The molecule has 2 aromatic rings. The molecule has 2 aromatic heterocycles. The Morgan fingerprint density at radius 3 is 2.84 bits per heavy atom. The first-order chi connectivity index (χ1) is 8.97. The van der Waals surface area contributed by atoms with Gasteiger partial charge in [0.15, 0.2) is 5.16 Å². The van der Waals surface area contributed by atoms with Crippen LogP contribution in [0.25, 0.3) is 0 Å². The second kappa shape index (κ2) is 5.31. The number of carboxylic acid groups (broad SMARTS) is 1. The summed E-state index contributed by atoms with van der Waals surface area (Å²) in [7, 11) is 0. The van der Waals surface area contributed by atoms with Crippen LogP contribution in [0.2, 0.25) is 0 Å². The molecule has 0 aromatic carbocycles. The molecule has 0 atom stereocenters. The molecule has 9 heteroatoms. The summed E-state index contributed by atoms with van der Waals surface area (Å²) in [6.45, 7) is 3.70. The van der Waals surface area contributed by atoms with Crippen molar-refractivity contribution >= 4 is 17.7 Å². The number of nitrogens with one attached hydrogen (secondary N) is 1. The average Bonchev–Trinajstić information content (AvgIpc) is 2.83. The van der Waals surface area contributed by atoms with E-state index in [2.05, 4.69) is 15.2 Å². The van der Waals surface area contributed by atoms with Gasteiger partial charge in [0, 0.05) is 0 Å². The standard InChI is InChI=1S/C10H12N4O4S/c1-5-6(2)18-7(11-5)3-14-9(17)12-13-10(14)19-4-8(15)16/h3-4H2,1-2H3,(H,12,17)(H,15,16). The summed E-state index contributed by atoms with van der Waals surface area (Å²) in [5.41, 5.74) is 0.327. The minimum Gasteiger partial charge on any atom is -0.481 e. The van der Waals surface area contributed by atoms with Gasteiger partial charge >= 0.3 is 11.7 Å². The van der Waals surface area contributed by atoms with Crippen molar-refractivity contribution in [3.8, 4) is 0 Å². The molecule has 2 N–H and O–H groups in total. The van der Waals surface area contributed by atoms with E-state index in [-0.39, 0.29) is 12.3 Å². The van der Waals surface area contributed by atoms with Crippen LogP contribution >= 0.6 is 11.8 Å². The number of H-pyrrole nitrogens is 1. The Kier molecular flexibility index (Phi) is 3.74. The molecular weight excluding hydrogens is 272 g/mol. The van der Waals surface area contributed by atoms with Gasteiger partial charge < -0.3 is 9.52 Å². The Morgan fingerprint density at radius 1 is 1.53 bits per heavy atom. The highest BCUT2D eigenvalue weighted by Crippen LogP contribution is 2.15. The largest absolute Gasteiger partial charge is 0.481 e. The smallest absolute Gasteiger partial charge is 0.344 e. The summed E-state index contributed by atoms with van der Waals surface area (Å²) in [6.07, 6.45) is 0. The SMILES string of the molecule is Cc1nc(Cn2c(SCC(=O)O)n[nH]c2=O)oc1C. The van der Waals surface area contributed by atoms with E-state index in [1.54, 1.807) is 13.8 Å². The summed E-state index contributed by atoms with van der Waals surface area (Å²) >= 11 is 0.958. The van der Waals surface area contributed by atoms with Crippen LogP contribution in [0, 0.1) is 13.8 Å². The van der Waals surface area contributed by atoms with Gasteiger partial charge in [-0.05, 0) is 13.8 Å². The number of carboxylic acids is 1. The van der Waals surface area contributed by atoms with Crippen molar-refractivity contribution in [2.45, 2.75) is 25.5 Å². The lowest BCUT2D eigenvalue weighted by molar-refractivity contribution is -0.133. The lowest BCUT2D eigenvalue weighted by atomic mass is 10.4. The molecule has 2 rings (SSSR count). The highest BCUT2D eigenvalue weighted by molar-refractivity contribution is 7.99. The average molecular weight is 284 g/mol. The zero-order chi connectivity index (χ0) is 14.0. The van der Waals surface area contributed by atoms with Crippen LogP contribution in [0.3, 0.4) is 0 Å². The molecule has 8 nitrogen and oxygen atoms in total. The fourth-order valence-corrected chi connectivity index (χ4v) is 2.09. The monoisotopic (exact) mass is 284 g/mol. The number of aromatic nitrogens is 4. The number of rotatable bonds is 5. The van der Waals surface area contributed by atoms with Crippen LogP contribution in [-0.4, -0.2) is 36.6 Å². The third kappa shape index (κ3) is 3.05. The number of carbonyl (C=O) groups is 1. The first-order valence-electron chi connectivity index (χ1n) is 5.40. The number of hydrogen-bond acceptors (Lipinski definition) is 6. The Hall–Kier alpha value is -2.03. The molecule has 0 aliphatic carbocycles. The highest BCUT2D eigenvalue weighted by atomic mass is 32.2. The van der Waals surface area contributed by atoms with Crippen molar-refractivity contribution in [3.63, 3.8) is 0 Å². The Labute approximate surface area is 111 Å². The molecule has 102 valence electrons. The van der Waals surface area contributed by atoms with Gasteiger partial charge in [-0.1, -0.05) is 11.8 Å². The summed E-state index contributed by atoms with van der Waals surface area (Å²) in [5, 5.41) is 15.0. The molecule has 0 saturated carbocycles. The Bertz CT molecular complexity index is 637. The van der Waals surface area contributed by atoms with E-state index in [1.165, 1.54) is 4.57 Å². The fraction of sp³-hybridized carbons (Fsp3) is 0.400. The molecule has 0 radical (unpaired) electrons. The fourth-order valence-electron chi connectivity index (χ4n) is 1.42.